The minimum Gasteiger partial charge on any atom is -0.456 e. The molecule has 0 saturated heterocycles. The third-order valence-electron chi connectivity index (χ3n) is 13.3. The van der Waals surface area contributed by atoms with E-state index in [1.165, 1.54) is 78.2 Å². The first-order valence-electron chi connectivity index (χ1n) is 20.8. The second kappa shape index (κ2) is 13.0. The summed E-state index contributed by atoms with van der Waals surface area (Å²) in [5, 5.41) is 3.64. The quantitative estimate of drug-likeness (QED) is 0.174. The molecule has 3 atom stereocenters. The molecule has 3 nitrogen and oxygen atoms in total. The summed E-state index contributed by atoms with van der Waals surface area (Å²) in [6, 6.07) is 59.9. The van der Waals surface area contributed by atoms with Crippen LogP contribution in [0.1, 0.15) is 48.6 Å². The standard InChI is InChI=1S/C56H42N2O/c1-36-11-10-17-51-55(36)47-34-41(23-30-49(47)57(51)43-26-21-39(22-27-43)40-24-31-53-46(33-40)45-14-6-9-18-52(45)59-53)42-25-32-54-56(2,35-42)48-15-7-8-16-50(48)58(54)44-28-19-38(20-29-44)37-12-4-3-5-13-37/h3-10,12-36,54H,11H2,1-2H3. The zero-order chi connectivity index (χ0) is 39.2. The van der Waals surface area contributed by atoms with Gasteiger partial charge in [0.15, 0.2) is 0 Å². The topological polar surface area (TPSA) is 21.3 Å². The second-order valence-corrected chi connectivity index (χ2v) is 16.7. The number of allylic oxidation sites excluding steroid dienone is 3. The fourth-order valence-electron chi connectivity index (χ4n) is 10.3. The Labute approximate surface area is 344 Å². The van der Waals surface area contributed by atoms with Crippen molar-refractivity contribution in [3.63, 3.8) is 0 Å². The van der Waals surface area contributed by atoms with Crippen LogP contribution >= 0.6 is 0 Å². The van der Waals surface area contributed by atoms with Crippen molar-refractivity contribution in [3.05, 3.63) is 210 Å². The highest BCUT2D eigenvalue weighted by atomic mass is 16.3. The molecule has 0 amide bonds. The van der Waals surface area contributed by atoms with Crippen LogP contribution < -0.4 is 4.90 Å². The molecule has 12 rings (SSSR count). The highest BCUT2D eigenvalue weighted by Gasteiger charge is 2.47. The lowest BCUT2D eigenvalue weighted by atomic mass is 9.73. The molecule has 0 saturated carbocycles. The van der Waals surface area contributed by atoms with Gasteiger partial charge in [-0.25, -0.2) is 0 Å². The fraction of sp³-hybridized carbons (Fsp3) is 0.107. The van der Waals surface area contributed by atoms with Gasteiger partial charge in [0.05, 0.1) is 11.6 Å². The minimum absolute atomic E-state index is 0.165. The van der Waals surface area contributed by atoms with Crippen molar-refractivity contribution in [3.8, 4) is 27.9 Å². The molecule has 0 N–H and O–H groups in total. The van der Waals surface area contributed by atoms with Gasteiger partial charge in [0, 0.05) is 44.3 Å². The van der Waals surface area contributed by atoms with E-state index in [-0.39, 0.29) is 11.5 Å². The lowest BCUT2D eigenvalue weighted by Crippen LogP contribution is -2.39. The van der Waals surface area contributed by atoms with Crippen molar-refractivity contribution in [2.45, 2.75) is 37.6 Å². The zero-order valence-corrected chi connectivity index (χ0v) is 33.1. The van der Waals surface area contributed by atoms with Gasteiger partial charge in [-0.15, -0.1) is 0 Å². The van der Waals surface area contributed by atoms with Gasteiger partial charge in [0.1, 0.15) is 11.2 Å². The van der Waals surface area contributed by atoms with Crippen LogP contribution in [-0.4, -0.2) is 10.6 Å². The maximum absolute atomic E-state index is 6.12. The summed E-state index contributed by atoms with van der Waals surface area (Å²) in [5.74, 6) is 0.422. The molecule has 7 aromatic carbocycles. The largest absolute Gasteiger partial charge is 0.456 e. The Morgan fingerprint density at radius 3 is 2.08 bits per heavy atom. The number of fused-ring (bicyclic) bond motifs is 9. The molecule has 59 heavy (non-hydrogen) atoms. The first-order chi connectivity index (χ1) is 29.0. The van der Waals surface area contributed by atoms with E-state index in [1.54, 1.807) is 0 Å². The van der Waals surface area contributed by atoms with E-state index in [4.69, 9.17) is 4.42 Å². The number of hydrogen-bond donors (Lipinski definition) is 0. The maximum Gasteiger partial charge on any atom is 0.135 e. The minimum atomic E-state index is -0.202. The lowest BCUT2D eigenvalue weighted by Gasteiger charge is -2.36. The van der Waals surface area contributed by atoms with Crippen LogP contribution in [0.25, 0.3) is 72.4 Å². The summed E-state index contributed by atoms with van der Waals surface area (Å²) in [6.07, 6.45) is 13.1. The Bertz CT molecular complexity index is 3210. The zero-order valence-electron chi connectivity index (χ0n) is 33.1. The van der Waals surface area contributed by atoms with Gasteiger partial charge >= 0.3 is 0 Å². The van der Waals surface area contributed by atoms with Crippen LogP contribution in [-0.2, 0) is 5.41 Å². The number of para-hydroxylation sites is 2. The summed E-state index contributed by atoms with van der Waals surface area (Å²) in [5.41, 5.74) is 18.0. The van der Waals surface area contributed by atoms with E-state index in [1.807, 2.05) is 12.1 Å². The van der Waals surface area contributed by atoms with Gasteiger partial charge in [0.25, 0.3) is 0 Å². The average molecular weight is 759 g/mol. The summed E-state index contributed by atoms with van der Waals surface area (Å²) < 4.78 is 8.58. The van der Waals surface area contributed by atoms with E-state index in [0.717, 1.165) is 28.4 Å². The van der Waals surface area contributed by atoms with Crippen molar-refractivity contribution < 1.29 is 4.42 Å². The third-order valence-corrected chi connectivity index (χ3v) is 13.3. The highest BCUT2D eigenvalue weighted by molar-refractivity contribution is 6.06. The van der Waals surface area contributed by atoms with E-state index >= 15 is 0 Å². The van der Waals surface area contributed by atoms with Crippen LogP contribution in [0.3, 0.4) is 0 Å². The molecule has 0 spiro atoms. The van der Waals surface area contributed by atoms with Crippen LogP contribution in [0.4, 0.5) is 11.4 Å². The molecule has 3 heterocycles. The van der Waals surface area contributed by atoms with Gasteiger partial charge in [0.2, 0.25) is 0 Å². The van der Waals surface area contributed by atoms with Crippen molar-refractivity contribution >= 4 is 55.9 Å². The number of hydrogen-bond acceptors (Lipinski definition) is 2. The molecule has 3 heteroatoms. The monoisotopic (exact) mass is 758 g/mol. The summed E-state index contributed by atoms with van der Waals surface area (Å²) >= 11 is 0. The molecule has 9 aromatic rings. The van der Waals surface area contributed by atoms with Crippen molar-refractivity contribution in [1.82, 2.24) is 4.57 Å². The number of furan rings is 1. The summed E-state index contributed by atoms with van der Waals surface area (Å²) in [6.45, 7) is 4.79. The van der Waals surface area contributed by atoms with Gasteiger partial charge < -0.3 is 13.9 Å². The molecule has 1 aliphatic heterocycles. The Hall–Kier alpha value is -7.10. The molecule has 2 aromatic heterocycles. The molecule has 282 valence electrons. The number of anilines is 2. The Balaban J connectivity index is 0.908. The van der Waals surface area contributed by atoms with E-state index in [0.29, 0.717) is 5.92 Å². The highest BCUT2D eigenvalue weighted by Crippen LogP contribution is 2.53. The van der Waals surface area contributed by atoms with Gasteiger partial charge in [-0.3, -0.25) is 0 Å². The second-order valence-electron chi connectivity index (χ2n) is 16.7. The Morgan fingerprint density at radius 2 is 1.24 bits per heavy atom. The van der Waals surface area contributed by atoms with Gasteiger partial charge in [-0.05, 0) is 131 Å². The first kappa shape index (κ1) is 34.0. The summed E-state index contributed by atoms with van der Waals surface area (Å²) in [7, 11) is 0. The van der Waals surface area contributed by atoms with Crippen LogP contribution in [0.15, 0.2) is 193 Å². The van der Waals surface area contributed by atoms with E-state index in [9.17, 15) is 0 Å². The molecule has 3 aliphatic rings. The molecule has 0 bridgehead atoms. The van der Waals surface area contributed by atoms with Crippen LogP contribution in [0.5, 0.6) is 0 Å². The fourth-order valence-corrected chi connectivity index (χ4v) is 10.3. The number of benzene rings is 7. The smallest absolute Gasteiger partial charge is 0.135 e. The predicted octanol–water partition coefficient (Wildman–Crippen LogP) is 14.8. The molecular weight excluding hydrogens is 717 g/mol. The number of nitrogens with zero attached hydrogens (tertiary/aromatic N) is 2. The first-order valence-corrected chi connectivity index (χ1v) is 20.8. The predicted molar refractivity (Wildman–Crippen MR) is 247 cm³/mol. The molecule has 0 fully saturated rings. The van der Waals surface area contributed by atoms with Crippen molar-refractivity contribution in [2.24, 2.45) is 0 Å². The molecule has 2 aliphatic carbocycles. The normalized spacial score (nSPS) is 19.3. The van der Waals surface area contributed by atoms with Gasteiger partial charge in [-0.2, -0.15) is 0 Å². The SMILES string of the molecule is CC1CC=Cc2c1c1cc(C3=CC4(C)c5ccccc5N(c5ccc(-c6ccccc6)cc5)C4C=C3)ccc1n2-c1ccc(-c2ccc3oc4ccccc4c3c2)cc1. The Morgan fingerprint density at radius 1 is 0.576 bits per heavy atom. The third kappa shape index (κ3) is 5.21. The molecule has 0 radical (unpaired) electrons. The van der Waals surface area contributed by atoms with Crippen LogP contribution in [0, 0.1) is 0 Å². The van der Waals surface area contributed by atoms with Crippen molar-refractivity contribution in [1.29, 1.82) is 0 Å². The average Bonchev–Trinajstić information content (AvgIpc) is 3.92. The number of aromatic nitrogens is 1. The maximum atomic E-state index is 6.12. The summed E-state index contributed by atoms with van der Waals surface area (Å²) in [4.78, 5) is 2.53. The number of rotatable bonds is 5. The van der Waals surface area contributed by atoms with E-state index in [2.05, 4.69) is 205 Å². The van der Waals surface area contributed by atoms with Gasteiger partial charge in [-0.1, -0.05) is 134 Å². The van der Waals surface area contributed by atoms with Crippen molar-refractivity contribution in [2.75, 3.05) is 4.90 Å². The lowest BCUT2D eigenvalue weighted by molar-refractivity contribution is 0.553. The van der Waals surface area contributed by atoms with Crippen LogP contribution in [0.2, 0.25) is 0 Å². The molecular formula is C56H42N2O. The molecule has 3 unspecified atom stereocenters. The Kier molecular flexibility index (Phi) is 7.46. The van der Waals surface area contributed by atoms with E-state index < -0.39 is 0 Å².